The van der Waals surface area contributed by atoms with Gasteiger partial charge in [-0.2, -0.15) is 0 Å². The summed E-state index contributed by atoms with van der Waals surface area (Å²) in [5, 5.41) is 11.7. The van der Waals surface area contributed by atoms with Crippen LogP contribution in [-0.4, -0.2) is 64.1 Å². The van der Waals surface area contributed by atoms with Gasteiger partial charge in [0.15, 0.2) is 0 Å². The smallest absolute Gasteiger partial charge is 0.326 e. The normalized spacial score (nSPS) is 25.3. The zero-order chi connectivity index (χ0) is 30.4. The van der Waals surface area contributed by atoms with Crippen molar-refractivity contribution in [1.82, 2.24) is 14.8 Å². The summed E-state index contributed by atoms with van der Waals surface area (Å²) in [5.41, 5.74) is 5.87. The molecule has 0 radical (unpaired) electrons. The Labute approximate surface area is 258 Å². The van der Waals surface area contributed by atoms with Crippen LogP contribution in [0.4, 0.5) is 0 Å². The summed E-state index contributed by atoms with van der Waals surface area (Å²) in [4.78, 5) is 35.4. The Kier molecular flexibility index (Phi) is 7.39. The second kappa shape index (κ2) is 11.4. The highest BCUT2D eigenvalue weighted by atomic mass is 16.5. The fourth-order valence-corrected chi connectivity index (χ4v) is 8.14. The number of carboxylic acid groups (broad SMARTS) is 1. The number of fused-ring (bicyclic) bond motifs is 4. The number of para-hydroxylation sites is 1. The molecule has 0 saturated carbocycles. The van der Waals surface area contributed by atoms with Crippen LogP contribution < -0.4 is 0 Å². The van der Waals surface area contributed by atoms with Gasteiger partial charge in [0.1, 0.15) is 5.54 Å². The average molecular weight is 590 g/mol. The third-order valence-electron chi connectivity index (χ3n) is 10.1. The lowest BCUT2D eigenvalue weighted by Crippen LogP contribution is -2.57. The number of rotatable bonds is 7. The molecule has 3 aromatic carbocycles. The first-order chi connectivity index (χ1) is 21.4. The fourth-order valence-electron chi connectivity index (χ4n) is 8.14. The lowest BCUT2D eigenvalue weighted by atomic mass is 9.78. The number of aliphatic carboxylic acids is 1. The maximum absolute atomic E-state index is 14.1. The number of aromatic amines is 1. The van der Waals surface area contributed by atoms with Crippen LogP contribution in [0.2, 0.25) is 0 Å². The van der Waals surface area contributed by atoms with E-state index < -0.39 is 35.5 Å². The van der Waals surface area contributed by atoms with Crippen LogP contribution in [0.3, 0.4) is 0 Å². The van der Waals surface area contributed by atoms with Gasteiger partial charge in [0, 0.05) is 29.6 Å². The number of carbonyl (C=O) groups is 2. The molecule has 3 aliphatic rings. The molecular weight excluding hydrogens is 550 g/mol. The van der Waals surface area contributed by atoms with Crippen LogP contribution in [0.15, 0.2) is 85.4 Å². The van der Waals surface area contributed by atoms with E-state index in [2.05, 4.69) is 57.8 Å². The number of benzene rings is 3. The second-order valence-corrected chi connectivity index (χ2v) is 12.6. The van der Waals surface area contributed by atoms with Crippen LogP contribution in [0, 0.1) is 5.92 Å². The number of carbonyl (C=O) groups excluding carboxylic acids is 1. The van der Waals surface area contributed by atoms with E-state index in [1.165, 1.54) is 26.4 Å². The van der Waals surface area contributed by atoms with Gasteiger partial charge in [-0.1, -0.05) is 79.7 Å². The standard InChI is InChI=1S/C37H39N3O4/c1-24(23-39-18-9-4-10-19-39)26-14-11-15-27(20-26)34-32-29(28-16-7-8-17-31(28)38-32)21-37(36(43)44-2)22-30(35(41)42)33(40(34)37)25-12-5-3-6-13-25/h3,5-8,11-17,20,30,33-34,38H,1,4,9-10,18-19,21-23H2,2H3,(H,41,42)/t30-,33+,34-,37+/m0/s1. The highest BCUT2D eigenvalue weighted by Crippen LogP contribution is 2.58. The first-order valence-electron chi connectivity index (χ1n) is 15.7. The maximum atomic E-state index is 14.1. The topological polar surface area (TPSA) is 85.9 Å². The SMILES string of the molecule is C=C(CN1CCCCC1)c1cccc([C@H]2c3[nH]c4ccccc4c3C[C@]3(C(=O)OC)C[C@H](C(=O)O)[C@@H](c4ccccc4)N23)c1. The molecule has 0 amide bonds. The third kappa shape index (κ3) is 4.66. The number of carboxylic acids is 1. The fraction of sp³-hybridized carbons (Fsp3) is 0.351. The number of likely N-dealkylation sites (tertiary alicyclic amines) is 1. The van der Waals surface area contributed by atoms with Crippen molar-refractivity contribution in [2.45, 2.75) is 49.7 Å². The molecule has 4 heterocycles. The number of hydrogen-bond donors (Lipinski definition) is 2. The number of nitrogens with one attached hydrogen (secondary N) is 1. The number of nitrogens with zero attached hydrogens (tertiary/aromatic N) is 2. The van der Waals surface area contributed by atoms with Crippen LogP contribution in [-0.2, 0) is 20.7 Å². The molecule has 226 valence electrons. The van der Waals surface area contributed by atoms with Crippen molar-refractivity contribution in [3.8, 4) is 0 Å². The quantitative estimate of drug-likeness (QED) is 0.244. The molecule has 3 aliphatic heterocycles. The Morgan fingerprint density at radius 2 is 1.70 bits per heavy atom. The highest BCUT2D eigenvalue weighted by molar-refractivity contribution is 5.90. The van der Waals surface area contributed by atoms with Gasteiger partial charge in [-0.25, -0.2) is 0 Å². The van der Waals surface area contributed by atoms with Gasteiger partial charge in [-0.15, -0.1) is 0 Å². The maximum Gasteiger partial charge on any atom is 0.326 e. The van der Waals surface area contributed by atoms with Crippen LogP contribution >= 0.6 is 0 Å². The predicted molar refractivity (Wildman–Crippen MR) is 171 cm³/mol. The van der Waals surface area contributed by atoms with Crippen LogP contribution in [0.5, 0.6) is 0 Å². The van der Waals surface area contributed by atoms with E-state index in [4.69, 9.17) is 4.74 Å². The molecule has 4 atom stereocenters. The Balaban J connectivity index is 1.43. The monoisotopic (exact) mass is 589 g/mol. The first-order valence-corrected chi connectivity index (χ1v) is 15.7. The molecule has 0 unspecified atom stereocenters. The summed E-state index contributed by atoms with van der Waals surface area (Å²) in [5.74, 6) is -2.10. The van der Waals surface area contributed by atoms with Crippen molar-refractivity contribution in [2.75, 3.05) is 26.7 Å². The minimum absolute atomic E-state index is 0.158. The van der Waals surface area contributed by atoms with Gasteiger partial charge in [0.25, 0.3) is 0 Å². The Morgan fingerprint density at radius 1 is 0.977 bits per heavy atom. The van der Waals surface area contributed by atoms with E-state index in [0.29, 0.717) is 6.42 Å². The summed E-state index contributed by atoms with van der Waals surface area (Å²) in [6.07, 6.45) is 4.24. The number of hydrogen-bond acceptors (Lipinski definition) is 5. The lowest BCUT2D eigenvalue weighted by Gasteiger charge is -2.47. The average Bonchev–Trinajstić information content (AvgIpc) is 3.61. The highest BCUT2D eigenvalue weighted by Gasteiger charge is 2.64. The minimum Gasteiger partial charge on any atom is -0.481 e. The molecule has 0 spiro atoms. The predicted octanol–water partition coefficient (Wildman–Crippen LogP) is 6.37. The van der Waals surface area contributed by atoms with E-state index >= 15 is 0 Å². The molecule has 7 rings (SSSR count). The summed E-state index contributed by atoms with van der Waals surface area (Å²) in [7, 11) is 1.41. The number of ether oxygens (including phenoxy) is 1. The Morgan fingerprint density at radius 3 is 2.45 bits per heavy atom. The third-order valence-corrected chi connectivity index (χ3v) is 10.1. The number of esters is 1. The Hall–Kier alpha value is -4.20. The summed E-state index contributed by atoms with van der Waals surface area (Å²) < 4.78 is 5.54. The molecule has 4 aromatic rings. The summed E-state index contributed by atoms with van der Waals surface area (Å²) in [6, 6.07) is 25.4. The van der Waals surface area contributed by atoms with E-state index in [1.54, 1.807) is 0 Å². The van der Waals surface area contributed by atoms with E-state index in [1.807, 2.05) is 42.5 Å². The van der Waals surface area contributed by atoms with E-state index in [9.17, 15) is 14.7 Å². The van der Waals surface area contributed by atoms with Gasteiger partial charge in [-0.3, -0.25) is 19.4 Å². The molecule has 1 aromatic heterocycles. The van der Waals surface area contributed by atoms with Gasteiger partial charge < -0.3 is 14.8 Å². The zero-order valence-electron chi connectivity index (χ0n) is 25.2. The second-order valence-electron chi connectivity index (χ2n) is 12.6. The van der Waals surface area contributed by atoms with Crippen molar-refractivity contribution >= 4 is 28.4 Å². The molecule has 0 aliphatic carbocycles. The number of piperidine rings is 1. The number of aromatic nitrogens is 1. The zero-order valence-corrected chi connectivity index (χ0v) is 25.2. The van der Waals surface area contributed by atoms with Gasteiger partial charge in [0.2, 0.25) is 0 Å². The number of methoxy groups -OCH3 is 1. The summed E-state index contributed by atoms with van der Waals surface area (Å²) >= 11 is 0. The van der Waals surface area contributed by atoms with Gasteiger partial charge in [-0.05, 0) is 72.3 Å². The molecule has 44 heavy (non-hydrogen) atoms. The van der Waals surface area contributed by atoms with Crippen LogP contribution in [0.1, 0.15) is 65.7 Å². The number of H-pyrrole nitrogens is 1. The first kappa shape index (κ1) is 28.6. The van der Waals surface area contributed by atoms with Crippen molar-refractivity contribution in [2.24, 2.45) is 5.92 Å². The minimum atomic E-state index is -1.16. The van der Waals surface area contributed by atoms with E-state index in [0.717, 1.165) is 64.1 Å². The Bertz CT molecular complexity index is 1720. The molecule has 2 saturated heterocycles. The van der Waals surface area contributed by atoms with Gasteiger partial charge >= 0.3 is 11.9 Å². The van der Waals surface area contributed by atoms with Gasteiger partial charge in [0.05, 0.1) is 25.1 Å². The molecular formula is C37H39N3O4. The van der Waals surface area contributed by atoms with Crippen molar-refractivity contribution in [1.29, 1.82) is 0 Å². The molecule has 7 heteroatoms. The molecule has 2 N–H and O–H groups in total. The summed E-state index contributed by atoms with van der Waals surface area (Å²) in [6.45, 7) is 7.48. The van der Waals surface area contributed by atoms with E-state index in [-0.39, 0.29) is 6.42 Å². The largest absolute Gasteiger partial charge is 0.481 e. The molecule has 2 fully saturated rings. The van der Waals surface area contributed by atoms with Crippen molar-refractivity contribution in [3.63, 3.8) is 0 Å². The van der Waals surface area contributed by atoms with Crippen molar-refractivity contribution in [3.05, 3.63) is 113 Å². The molecule has 0 bridgehead atoms. The van der Waals surface area contributed by atoms with Crippen molar-refractivity contribution < 1.29 is 19.4 Å². The lowest BCUT2D eigenvalue weighted by molar-refractivity contribution is -0.156. The van der Waals surface area contributed by atoms with Crippen LogP contribution in [0.25, 0.3) is 16.5 Å². The molecule has 7 nitrogen and oxygen atoms in total.